The standard InChI is InChI=1S/C17H13N/c18-11-5-10-17-15-8-3-1-6-13(15)12-14-7-2-4-9-16(14)17/h1-4,6-9,12H,5,10H2. The summed E-state index contributed by atoms with van der Waals surface area (Å²) in [6, 6.07) is 21.3. The first-order valence-corrected chi connectivity index (χ1v) is 6.16. The zero-order chi connectivity index (χ0) is 12.4. The fourth-order valence-electron chi connectivity index (χ4n) is 2.56. The molecular weight excluding hydrogens is 218 g/mol. The highest BCUT2D eigenvalue weighted by molar-refractivity contribution is 6.02. The maximum absolute atomic E-state index is 8.82. The van der Waals surface area contributed by atoms with Gasteiger partial charge in [0.15, 0.2) is 0 Å². The van der Waals surface area contributed by atoms with Gasteiger partial charge in [0, 0.05) is 6.42 Å². The second kappa shape index (κ2) is 4.50. The molecule has 1 nitrogen and oxygen atoms in total. The van der Waals surface area contributed by atoms with Crippen LogP contribution in [0.25, 0.3) is 21.5 Å². The Bertz CT molecular complexity index is 696. The molecule has 3 aromatic rings. The van der Waals surface area contributed by atoms with Crippen molar-refractivity contribution in [1.82, 2.24) is 0 Å². The smallest absolute Gasteiger partial charge is 0.0625 e. The average Bonchev–Trinajstić information content (AvgIpc) is 2.43. The second-order valence-corrected chi connectivity index (χ2v) is 4.46. The lowest BCUT2D eigenvalue weighted by molar-refractivity contribution is 1.03. The van der Waals surface area contributed by atoms with E-state index in [0.29, 0.717) is 6.42 Å². The van der Waals surface area contributed by atoms with Crippen molar-refractivity contribution in [2.24, 2.45) is 0 Å². The van der Waals surface area contributed by atoms with Gasteiger partial charge in [-0.05, 0) is 39.6 Å². The molecule has 86 valence electrons. The molecule has 0 N–H and O–H groups in total. The second-order valence-electron chi connectivity index (χ2n) is 4.46. The van der Waals surface area contributed by atoms with Crippen LogP contribution >= 0.6 is 0 Å². The number of hydrogen-bond donors (Lipinski definition) is 0. The van der Waals surface area contributed by atoms with Gasteiger partial charge in [0.25, 0.3) is 0 Å². The van der Waals surface area contributed by atoms with E-state index in [9.17, 15) is 0 Å². The molecule has 1 heteroatoms. The third kappa shape index (κ3) is 1.72. The Labute approximate surface area is 106 Å². The third-order valence-corrected chi connectivity index (χ3v) is 3.37. The van der Waals surface area contributed by atoms with Crippen LogP contribution in [0.15, 0.2) is 54.6 Å². The lowest BCUT2D eigenvalue weighted by Gasteiger charge is -2.10. The predicted octanol–water partition coefficient (Wildman–Crippen LogP) is 4.45. The Morgan fingerprint density at radius 1 is 0.833 bits per heavy atom. The van der Waals surface area contributed by atoms with Crippen molar-refractivity contribution >= 4 is 21.5 Å². The van der Waals surface area contributed by atoms with Gasteiger partial charge in [-0.2, -0.15) is 5.26 Å². The van der Waals surface area contributed by atoms with Crippen LogP contribution in [0.2, 0.25) is 0 Å². The van der Waals surface area contributed by atoms with Gasteiger partial charge >= 0.3 is 0 Å². The summed E-state index contributed by atoms with van der Waals surface area (Å²) in [7, 11) is 0. The van der Waals surface area contributed by atoms with Crippen LogP contribution in [-0.2, 0) is 6.42 Å². The molecule has 0 radical (unpaired) electrons. The molecule has 0 saturated heterocycles. The summed E-state index contributed by atoms with van der Waals surface area (Å²) < 4.78 is 0. The molecule has 0 aromatic heterocycles. The highest BCUT2D eigenvalue weighted by atomic mass is 14.2. The number of hydrogen-bond acceptors (Lipinski definition) is 1. The summed E-state index contributed by atoms with van der Waals surface area (Å²) in [5.41, 5.74) is 1.30. The highest BCUT2D eigenvalue weighted by Gasteiger charge is 2.06. The van der Waals surface area contributed by atoms with Gasteiger partial charge < -0.3 is 0 Å². The van der Waals surface area contributed by atoms with Crippen LogP contribution < -0.4 is 0 Å². The van der Waals surface area contributed by atoms with Gasteiger partial charge in [0.1, 0.15) is 0 Å². The lowest BCUT2D eigenvalue weighted by Crippen LogP contribution is -1.89. The molecule has 18 heavy (non-hydrogen) atoms. The molecule has 0 heterocycles. The Kier molecular flexibility index (Phi) is 2.70. The van der Waals surface area contributed by atoms with Gasteiger partial charge in [-0.15, -0.1) is 0 Å². The van der Waals surface area contributed by atoms with E-state index >= 15 is 0 Å². The third-order valence-electron chi connectivity index (χ3n) is 3.37. The van der Waals surface area contributed by atoms with Gasteiger partial charge in [0.2, 0.25) is 0 Å². The van der Waals surface area contributed by atoms with Gasteiger partial charge in [-0.25, -0.2) is 0 Å². The van der Waals surface area contributed by atoms with Crippen molar-refractivity contribution in [1.29, 1.82) is 5.26 Å². The lowest BCUT2D eigenvalue weighted by atomic mass is 9.94. The number of nitrogens with zero attached hydrogens (tertiary/aromatic N) is 1. The Morgan fingerprint density at radius 2 is 1.39 bits per heavy atom. The zero-order valence-corrected chi connectivity index (χ0v) is 10.1. The molecule has 0 fully saturated rings. The number of aryl methyl sites for hydroxylation is 1. The topological polar surface area (TPSA) is 23.8 Å². The van der Waals surface area contributed by atoms with Gasteiger partial charge in [0.05, 0.1) is 6.07 Å². The maximum atomic E-state index is 8.82. The summed E-state index contributed by atoms with van der Waals surface area (Å²) >= 11 is 0. The summed E-state index contributed by atoms with van der Waals surface area (Å²) in [6.45, 7) is 0. The summed E-state index contributed by atoms with van der Waals surface area (Å²) in [5, 5.41) is 13.9. The zero-order valence-electron chi connectivity index (χ0n) is 10.1. The van der Waals surface area contributed by atoms with Crippen molar-refractivity contribution < 1.29 is 0 Å². The first-order valence-electron chi connectivity index (χ1n) is 6.16. The van der Waals surface area contributed by atoms with E-state index in [0.717, 1.165) is 6.42 Å². The molecule has 0 aliphatic rings. The molecular formula is C17H13N. The van der Waals surface area contributed by atoms with E-state index in [-0.39, 0.29) is 0 Å². The van der Waals surface area contributed by atoms with E-state index in [2.05, 4.69) is 60.7 Å². The molecule has 3 rings (SSSR count). The minimum atomic E-state index is 0.567. The van der Waals surface area contributed by atoms with E-state index in [1.807, 2.05) is 0 Å². The van der Waals surface area contributed by atoms with Crippen molar-refractivity contribution in [3.8, 4) is 6.07 Å². The normalized spacial score (nSPS) is 10.6. The van der Waals surface area contributed by atoms with Crippen LogP contribution in [0.5, 0.6) is 0 Å². The van der Waals surface area contributed by atoms with Crippen LogP contribution in [-0.4, -0.2) is 0 Å². The largest absolute Gasteiger partial charge is 0.198 e. The van der Waals surface area contributed by atoms with Gasteiger partial charge in [-0.1, -0.05) is 48.5 Å². The predicted molar refractivity (Wildman–Crippen MR) is 75.4 cm³/mol. The summed E-state index contributed by atoms with van der Waals surface area (Å²) in [5.74, 6) is 0. The number of benzene rings is 3. The molecule has 0 spiro atoms. The molecule has 0 saturated carbocycles. The number of fused-ring (bicyclic) bond motifs is 2. The van der Waals surface area contributed by atoms with E-state index in [1.54, 1.807) is 0 Å². The molecule has 3 aromatic carbocycles. The molecule has 0 unspecified atom stereocenters. The van der Waals surface area contributed by atoms with Crippen LogP contribution in [0.1, 0.15) is 12.0 Å². The Hall–Kier alpha value is -2.33. The average molecular weight is 231 g/mol. The minimum absolute atomic E-state index is 0.567. The van der Waals surface area contributed by atoms with Crippen LogP contribution in [0.3, 0.4) is 0 Å². The van der Waals surface area contributed by atoms with Crippen LogP contribution in [0, 0.1) is 11.3 Å². The maximum Gasteiger partial charge on any atom is 0.0625 e. The van der Waals surface area contributed by atoms with Crippen molar-refractivity contribution in [2.75, 3.05) is 0 Å². The summed E-state index contributed by atoms with van der Waals surface area (Å²) in [4.78, 5) is 0. The van der Waals surface area contributed by atoms with E-state index in [1.165, 1.54) is 27.1 Å². The first kappa shape index (κ1) is 10.8. The SMILES string of the molecule is N#CCCc1c2ccccc2cc2ccccc12. The molecule has 0 atom stereocenters. The van der Waals surface area contributed by atoms with E-state index in [4.69, 9.17) is 5.26 Å². The van der Waals surface area contributed by atoms with Crippen molar-refractivity contribution in [3.63, 3.8) is 0 Å². The molecule has 0 bridgehead atoms. The van der Waals surface area contributed by atoms with Crippen molar-refractivity contribution in [3.05, 3.63) is 60.2 Å². The molecule has 0 amide bonds. The number of nitriles is 1. The van der Waals surface area contributed by atoms with Gasteiger partial charge in [-0.3, -0.25) is 0 Å². The Balaban J connectivity index is 2.38. The Morgan fingerprint density at radius 3 is 1.94 bits per heavy atom. The monoisotopic (exact) mass is 231 g/mol. The number of rotatable bonds is 2. The fraction of sp³-hybridized carbons (Fsp3) is 0.118. The van der Waals surface area contributed by atoms with Crippen LogP contribution in [0.4, 0.5) is 0 Å². The van der Waals surface area contributed by atoms with Crippen molar-refractivity contribution in [2.45, 2.75) is 12.8 Å². The highest BCUT2D eigenvalue weighted by Crippen LogP contribution is 2.29. The first-order chi connectivity index (χ1) is 8.90. The quantitative estimate of drug-likeness (QED) is 0.598. The fourth-order valence-corrected chi connectivity index (χ4v) is 2.56. The molecule has 0 aliphatic carbocycles. The van der Waals surface area contributed by atoms with E-state index < -0.39 is 0 Å². The minimum Gasteiger partial charge on any atom is -0.198 e. The molecule has 0 aliphatic heterocycles. The summed E-state index contributed by atoms with van der Waals surface area (Å²) in [6.07, 6.45) is 1.39.